The van der Waals surface area contributed by atoms with Crippen molar-refractivity contribution in [3.05, 3.63) is 24.3 Å². The molecule has 2 rings (SSSR count). The van der Waals surface area contributed by atoms with Gasteiger partial charge in [-0.25, -0.2) is 0 Å². The van der Waals surface area contributed by atoms with E-state index in [0.717, 1.165) is 37.3 Å². The highest BCUT2D eigenvalue weighted by Crippen LogP contribution is 2.18. The molecule has 1 aliphatic rings. The van der Waals surface area contributed by atoms with Crippen molar-refractivity contribution >= 4 is 23.2 Å². The summed E-state index contributed by atoms with van der Waals surface area (Å²) in [5, 5.41) is 9.10. The molecule has 0 aliphatic carbocycles. The first-order valence-electron chi connectivity index (χ1n) is 8.43. The number of amides is 2. The van der Waals surface area contributed by atoms with Crippen LogP contribution in [0.25, 0.3) is 0 Å². The molecule has 1 aromatic rings. The van der Waals surface area contributed by atoms with E-state index in [2.05, 4.69) is 16.0 Å². The van der Waals surface area contributed by atoms with E-state index in [9.17, 15) is 9.59 Å². The van der Waals surface area contributed by atoms with E-state index in [1.807, 2.05) is 38.1 Å². The first kappa shape index (κ1) is 17.5. The number of nitrogens with one attached hydrogen (secondary N) is 3. The second-order valence-electron chi connectivity index (χ2n) is 6.67. The third-order valence-corrected chi connectivity index (χ3v) is 3.98. The van der Waals surface area contributed by atoms with Gasteiger partial charge in [-0.3, -0.25) is 9.59 Å². The summed E-state index contributed by atoms with van der Waals surface area (Å²) in [5.74, 6) is 0.894. The zero-order valence-electron chi connectivity index (χ0n) is 14.0. The second kappa shape index (κ2) is 8.67. The highest BCUT2D eigenvalue weighted by molar-refractivity contribution is 5.93. The van der Waals surface area contributed by atoms with Gasteiger partial charge in [0.05, 0.1) is 0 Å². The maximum Gasteiger partial charge on any atom is 0.224 e. The highest BCUT2D eigenvalue weighted by Gasteiger charge is 2.16. The summed E-state index contributed by atoms with van der Waals surface area (Å²) in [7, 11) is 0. The molecule has 2 amide bonds. The number of hydrogen-bond donors (Lipinski definition) is 3. The molecule has 0 spiro atoms. The predicted molar refractivity (Wildman–Crippen MR) is 93.4 cm³/mol. The number of piperidine rings is 1. The molecule has 0 aromatic heterocycles. The van der Waals surface area contributed by atoms with Crippen molar-refractivity contribution in [1.82, 2.24) is 5.32 Å². The van der Waals surface area contributed by atoms with Gasteiger partial charge in [0.15, 0.2) is 0 Å². The molecule has 23 heavy (non-hydrogen) atoms. The molecule has 0 unspecified atom stereocenters. The Labute approximate surface area is 138 Å². The summed E-state index contributed by atoms with van der Waals surface area (Å²) in [4.78, 5) is 23.8. The van der Waals surface area contributed by atoms with Gasteiger partial charge in [-0.05, 0) is 62.0 Å². The van der Waals surface area contributed by atoms with Crippen LogP contribution in [0.15, 0.2) is 24.3 Å². The molecule has 1 aliphatic heterocycles. The van der Waals surface area contributed by atoms with E-state index >= 15 is 0 Å². The predicted octanol–water partition coefficient (Wildman–Crippen LogP) is 3.00. The lowest BCUT2D eigenvalue weighted by Gasteiger charge is -2.21. The van der Waals surface area contributed by atoms with Crippen molar-refractivity contribution in [3.8, 4) is 0 Å². The molecule has 0 atom stereocenters. The SMILES string of the molecule is CC(C)CC(=O)Nc1ccc(NC(=O)CC2CCNCC2)cc1. The lowest BCUT2D eigenvalue weighted by atomic mass is 9.94. The Kier molecular flexibility index (Phi) is 6.59. The molecule has 1 aromatic carbocycles. The maximum absolute atomic E-state index is 12.1. The number of anilines is 2. The second-order valence-corrected chi connectivity index (χ2v) is 6.67. The number of hydrogen-bond acceptors (Lipinski definition) is 3. The number of benzene rings is 1. The molecule has 0 bridgehead atoms. The van der Waals surface area contributed by atoms with E-state index in [1.165, 1.54) is 0 Å². The average molecular weight is 317 g/mol. The molecule has 3 N–H and O–H groups in total. The number of rotatable bonds is 6. The quantitative estimate of drug-likeness (QED) is 0.755. The standard InChI is InChI=1S/C18H27N3O2/c1-13(2)11-17(22)20-15-3-5-16(6-4-15)21-18(23)12-14-7-9-19-10-8-14/h3-6,13-14,19H,7-12H2,1-2H3,(H,20,22)(H,21,23). The van der Waals surface area contributed by atoms with Crippen LogP contribution < -0.4 is 16.0 Å². The lowest BCUT2D eigenvalue weighted by Crippen LogP contribution is -2.30. The van der Waals surface area contributed by atoms with Crippen LogP contribution in [0.3, 0.4) is 0 Å². The van der Waals surface area contributed by atoms with Gasteiger partial charge in [0.1, 0.15) is 0 Å². The topological polar surface area (TPSA) is 70.2 Å². The first-order valence-corrected chi connectivity index (χ1v) is 8.43. The maximum atomic E-state index is 12.1. The molecule has 5 nitrogen and oxygen atoms in total. The molecule has 1 saturated heterocycles. The summed E-state index contributed by atoms with van der Waals surface area (Å²) in [5.41, 5.74) is 1.53. The summed E-state index contributed by atoms with van der Waals surface area (Å²) in [6.07, 6.45) is 3.21. The minimum atomic E-state index is 0.0164. The summed E-state index contributed by atoms with van der Waals surface area (Å²) < 4.78 is 0. The Morgan fingerprint density at radius 2 is 1.57 bits per heavy atom. The Morgan fingerprint density at radius 3 is 2.09 bits per heavy atom. The van der Waals surface area contributed by atoms with Crippen LogP contribution in [-0.4, -0.2) is 24.9 Å². The van der Waals surface area contributed by atoms with Gasteiger partial charge >= 0.3 is 0 Å². The van der Waals surface area contributed by atoms with Crippen molar-refractivity contribution in [2.45, 2.75) is 39.5 Å². The molecule has 1 fully saturated rings. The fourth-order valence-corrected chi connectivity index (χ4v) is 2.78. The van der Waals surface area contributed by atoms with Crippen LogP contribution in [0.5, 0.6) is 0 Å². The average Bonchev–Trinajstić information content (AvgIpc) is 2.49. The number of carbonyl (C=O) groups excluding carboxylic acids is 2. The fourth-order valence-electron chi connectivity index (χ4n) is 2.78. The van der Waals surface area contributed by atoms with Crippen molar-refractivity contribution < 1.29 is 9.59 Å². The van der Waals surface area contributed by atoms with E-state index in [-0.39, 0.29) is 11.8 Å². The number of carbonyl (C=O) groups is 2. The van der Waals surface area contributed by atoms with Gasteiger partial charge < -0.3 is 16.0 Å². The Bertz CT molecular complexity index is 520. The molecular formula is C18H27N3O2. The third-order valence-electron chi connectivity index (χ3n) is 3.98. The normalized spacial score (nSPS) is 15.4. The molecule has 0 saturated carbocycles. The first-order chi connectivity index (χ1) is 11.0. The lowest BCUT2D eigenvalue weighted by molar-refractivity contribution is -0.117. The molecule has 0 radical (unpaired) electrons. The summed E-state index contributed by atoms with van der Waals surface area (Å²) in [6.45, 7) is 6.03. The van der Waals surface area contributed by atoms with Gasteiger partial charge in [-0.15, -0.1) is 0 Å². The molecular weight excluding hydrogens is 290 g/mol. The summed E-state index contributed by atoms with van der Waals surface area (Å²) >= 11 is 0. The van der Waals surface area contributed by atoms with Crippen molar-refractivity contribution in [3.63, 3.8) is 0 Å². The monoisotopic (exact) mass is 317 g/mol. The molecule has 1 heterocycles. The largest absolute Gasteiger partial charge is 0.326 e. The van der Waals surface area contributed by atoms with Gasteiger partial charge in [-0.1, -0.05) is 13.8 Å². The Balaban J connectivity index is 1.79. The minimum absolute atomic E-state index is 0.0164. The van der Waals surface area contributed by atoms with Gasteiger partial charge in [0.25, 0.3) is 0 Å². The van der Waals surface area contributed by atoms with Crippen LogP contribution >= 0.6 is 0 Å². The van der Waals surface area contributed by atoms with Gasteiger partial charge in [-0.2, -0.15) is 0 Å². The molecule has 126 valence electrons. The smallest absolute Gasteiger partial charge is 0.224 e. The van der Waals surface area contributed by atoms with E-state index in [0.29, 0.717) is 24.7 Å². The minimum Gasteiger partial charge on any atom is -0.326 e. The van der Waals surface area contributed by atoms with E-state index in [1.54, 1.807) is 0 Å². The van der Waals surface area contributed by atoms with Crippen molar-refractivity contribution in [2.75, 3.05) is 23.7 Å². The zero-order chi connectivity index (χ0) is 16.7. The van der Waals surface area contributed by atoms with Crippen molar-refractivity contribution in [1.29, 1.82) is 0 Å². The van der Waals surface area contributed by atoms with Gasteiger partial charge in [0, 0.05) is 24.2 Å². The van der Waals surface area contributed by atoms with Crippen molar-refractivity contribution in [2.24, 2.45) is 11.8 Å². The van der Waals surface area contributed by atoms with E-state index < -0.39 is 0 Å². The third kappa shape index (κ3) is 6.40. The van der Waals surface area contributed by atoms with Crippen LogP contribution in [0.1, 0.15) is 39.5 Å². The fraction of sp³-hybridized carbons (Fsp3) is 0.556. The van der Waals surface area contributed by atoms with E-state index in [4.69, 9.17) is 0 Å². The van der Waals surface area contributed by atoms with Crippen LogP contribution in [0.4, 0.5) is 11.4 Å². The van der Waals surface area contributed by atoms with Crippen LogP contribution in [0, 0.1) is 11.8 Å². The Morgan fingerprint density at radius 1 is 1.04 bits per heavy atom. The van der Waals surface area contributed by atoms with Gasteiger partial charge in [0.2, 0.25) is 11.8 Å². The Hall–Kier alpha value is -1.88. The zero-order valence-corrected chi connectivity index (χ0v) is 14.0. The highest BCUT2D eigenvalue weighted by atomic mass is 16.2. The molecule has 5 heteroatoms. The van der Waals surface area contributed by atoms with Crippen LogP contribution in [0.2, 0.25) is 0 Å². The summed E-state index contributed by atoms with van der Waals surface area (Å²) in [6, 6.07) is 7.29. The van der Waals surface area contributed by atoms with Crippen LogP contribution in [-0.2, 0) is 9.59 Å².